The molecule has 0 radical (unpaired) electrons. The van der Waals surface area contributed by atoms with Crippen LogP contribution in [0.5, 0.6) is 0 Å². The largest absolute Gasteiger partial charge is 0.417 e. The molecule has 0 fully saturated rings. The molecular formula is C15H16F3N7S. The molecule has 0 saturated carbocycles. The van der Waals surface area contributed by atoms with Gasteiger partial charge in [0.1, 0.15) is 5.82 Å². The molecule has 3 aromatic heterocycles. The van der Waals surface area contributed by atoms with Crippen LogP contribution < -0.4 is 4.90 Å². The fourth-order valence-corrected chi connectivity index (χ4v) is 2.81. The van der Waals surface area contributed by atoms with E-state index in [0.717, 1.165) is 24.0 Å². The van der Waals surface area contributed by atoms with Gasteiger partial charge in [0, 0.05) is 26.2 Å². The third-order valence-electron chi connectivity index (χ3n) is 3.42. The third-order valence-corrected chi connectivity index (χ3v) is 4.24. The summed E-state index contributed by atoms with van der Waals surface area (Å²) in [5, 5.41) is 8.45. The standard InChI is InChI=1S/C15H16F3N7S/c1-8(2)11-19-12(24(3)4)21-13(20-11)26-14-23-22-10-6-5-9(7-25(10)14)15(16,17)18/h5-8H,1-4H3. The van der Waals surface area contributed by atoms with Gasteiger partial charge >= 0.3 is 6.18 Å². The van der Waals surface area contributed by atoms with E-state index in [1.165, 1.54) is 10.5 Å². The van der Waals surface area contributed by atoms with Crippen LogP contribution in [0.2, 0.25) is 0 Å². The summed E-state index contributed by atoms with van der Waals surface area (Å²) in [7, 11) is 3.60. The predicted molar refractivity (Wildman–Crippen MR) is 90.4 cm³/mol. The summed E-state index contributed by atoms with van der Waals surface area (Å²) in [5.41, 5.74) is -0.467. The molecule has 0 aliphatic rings. The molecule has 138 valence electrons. The topological polar surface area (TPSA) is 72.1 Å². The van der Waals surface area contributed by atoms with Gasteiger partial charge in [-0.1, -0.05) is 13.8 Å². The van der Waals surface area contributed by atoms with E-state index in [0.29, 0.717) is 22.6 Å². The highest BCUT2D eigenvalue weighted by Crippen LogP contribution is 2.31. The van der Waals surface area contributed by atoms with E-state index in [1.54, 1.807) is 19.0 Å². The number of halogens is 3. The summed E-state index contributed by atoms with van der Waals surface area (Å²) < 4.78 is 40.2. The van der Waals surface area contributed by atoms with Crippen molar-refractivity contribution >= 4 is 23.4 Å². The van der Waals surface area contributed by atoms with E-state index in [1.807, 2.05) is 13.8 Å². The summed E-state index contributed by atoms with van der Waals surface area (Å²) >= 11 is 1.04. The fraction of sp³-hybridized carbons (Fsp3) is 0.400. The number of aromatic nitrogens is 6. The first-order valence-electron chi connectivity index (χ1n) is 7.68. The van der Waals surface area contributed by atoms with Crippen molar-refractivity contribution in [3.63, 3.8) is 0 Å². The smallest absolute Gasteiger partial charge is 0.347 e. The van der Waals surface area contributed by atoms with Gasteiger partial charge in [0.25, 0.3) is 0 Å². The minimum atomic E-state index is -4.45. The molecule has 0 spiro atoms. The maximum Gasteiger partial charge on any atom is 0.417 e. The molecular weight excluding hydrogens is 367 g/mol. The van der Waals surface area contributed by atoms with E-state index in [4.69, 9.17) is 0 Å². The molecule has 3 heterocycles. The number of hydrogen-bond acceptors (Lipinski definition) is 7. The average molecular weight is 383 g/mol. The van der Waals surface area contributed by atoms with Crippen molar-refractivity contribution in [1.82, 2.24) is 29.5 Å². The van der Waals surface area contributed by atoms with Crippen LogP contribution in [0.3, 0.4) is 0 Å². The van der Waals surface area contributed by atoms with E-state index >= 15 is 0 Å². The van der Waals surface area contributed by atoms with Crippen LogP contribution in [0.25, 0.3) is 5.65 Å². The van der Waals surface area contributed by atoms with Crippen LogP contribution in [0.15, 0.2) is 28.6 Å². The van der Waals surface area contributed by atoms with Crippen molar-refractivity contribution in [3.05, 3.63) is 29.7 Å². The van der Waals surface area contributed by atoms with Crippen LogP contribution >= 0.6 is 11.8 Å². The SMILES string of the molecule is CC(C)c1nc(Sc2nnc3ccc(C(F)(F)F)cn23)nc(N(C)C)n1. The molecule has 0 amide bonds. The van der Waals surface area contributed by atoms with Gasteiger partial charge in [-0.15, -0.1) is 10.2 Å². The van der Waals surface area contributed by atoms with Crippen molar-refractivity contribution < 1.29 is 13.2 Å². The van der Waals surface area contributed by atoms with Crippen molar-refractivity contribution in [1.29, 1.82) is 0 Å². The molecule has 7 nitrogen and oxygen atoms in total. The Balaban J connectivity index is 2.03. The van der Waals surface area contributed by atoms with Crippen LogP contribution in [-0.2, 0) is 6.18 Å². The molecule has 3 aromatic rings. The molecule has 0 aliphatic heterocycles. The van der Waals surface area contributed by atoms with Gasteiger partial charge in [-0.3, -0.25) is 4.40 Å². The highest BCUT2D eigenvalue weighted by atomic mass is 32.2. The maximum atomic E-state index is 13.0. The van der Waals surface area contributed by atoms with E-state index in [2.05, 4.69) is 25.1 Å². The molecule has 0 aromatic carbocycles. The lowest BCUT2D eigenvalue weighted by molar-refractivity contribution is -0.137. The number of fused-ring (bicyclic) bond motifs is 1. The van der Waals surface area contributed by atoms with Crippen molar-refractivity contribution in [3.8, 4) is 0 Å². The highest BCUT2D eigenvalue weighted by Gasteiger charge is 2.31. The minimum Gasteiger partial charge on any atom is -0.347 e. The second-order valence-corrected chi connectivity index (χ2v) is 6.99. The monoisotopic (exact) mass is 383 g/mol. The Bertz CT molecular complexity index is 910. The average Bonchev–Trinajstić information content (AvgIpc) is 2.96. The Kier molecular flexibility index (Phi) is 4.74. The summed E-state index contributed by atoms with van der Waals surface area (Å²) in [5.74, 6) is 1.13. The molecule has 0 bridgehead atoms. The fourth-order valence-electron chi connectivity index (χ4n) is 2.05. The van der Waals surface area contributed by atoms with Crippen LogP contribution in [0.4, 0.5) is 19.1 Å². The quantitative estimate of drug-likeness (QED) is 0.685. The third kappa shape index (κ3) is 3.71. The maximum absolute atomic E-state index is 13.0. The zero-order chi connectivity index (χ0) is 19.1. The Morgan fingerprint density at radius 3 is 2.42 bits per heavy atom. The van der Waals surface area contributed by atoms with Gasteiger partial charge in [-0.05, 0) is 23.9 Å². The van der Waals surface area contributed by atoms with Crippen LogP contribution in [0, 0.1) is 0 Å². The normalized spacial score (nSPS) is 12.2. The molecule has 0 N–H and O–H groups in total. The second-order valence-electron chi connectivity index (χ2n) is 6.05. The lowest BCUT2D eigenvalue weighted by Crippen LogP contribution is -2.15. The molecule has 0 aliphatic carbocycles. The first-order chi connectivity index (χ1) is 12.1. The summed E-state index contributed by atoms with van der Waals surface area (Å²) in [4.78, 5) is 14.8. The Morgan fingerprint density at radius 1 is 1.08 bits per heavy atom. The van der Waals surface area contributed by atoms with E-state index < -0.39 is 11.7 Å². The van der Waals surface area contributed by atoms with Gasteiger partial charge in [-0.25, -0.2) is 4.98 Å². The first-order valence-corrected chi connectivity index (χ1v) is 8.50. The Labute approximate surface area is 151 Å². The lowest BCUT2D eigenvalue weighted by Gasteiger charge is -2.13. The van der Waals surface area contributed by atoms with Gasteiger partial charge in [0.05, 0.1) is 5.56 Å². The number of anilines is 1. The number of pyridine rings is 1. The molecule has 0 saturated heterocycles. The zero-order valence-corrected chi connectivity index (χ0v) is 15.3. The second kappa shape index (κ2) is 6.71. The summed E-state index contributed by atoms with van der Waals surface area (Å²) in [6.07, 6.45) is -3.48. The first kappa shape index (κ1) is 18.4. The van der Waals surface area contributed by atoms with Crippen molar-refractivity contribution in [2.45, 2.75) is 36.3 Å². The predicted octanol–water partition coefficient (Wildman–Crippen LogP) is 3.27. The van der Waals surface area contributed by atoms with Crippen LogP contribution in [0.1, 0.15) is 31.2 Å². The number of hydrogen-bond donors (Lipinski definition) is 0. The summed E-state index contributed by atoms with van der Waals surface area (Å²) in [6.45, 7) is 3.90. The summed E-state index contributed by atoms with van der Waals surface area (Å²) in [6, 6.07) is 2.25. The van der Waals surface area contributed by atoms with E-state index in [-0.39, 0.29) is 11.1 Å². The highest BCUT2D eigenvalue weighted by molar-refractivity contribution is 7.99. The zero-order valence-electron chi connectivity index (χ0n) is 14.5. The molecule has 26 heavy (non-hydrogen) atoms. The Hall–Kier alpha value is -2.43. The van der Waals surface area contributed by atoms with Crippen molar-refractivity contribution in [2.75, 3.05) is 19.0 Å². The van der Waals surface area contributed by atoms with Gasteiger partial charge < -0.3 is 4.90 Å². The van der Waals surface area contributed by atoms with Gasteiger partial charge in [-0.2, -0.15) is 23.1 Å². The molecule has 11 heteroatoms. The molecule has 0 unspecified atom stereocenters. The number of alkyl halides is 3. The minimum absolute atomic E-state index is 0.0722. The van der Waals surface area contributed by atoms with Crippen molar-refractivity contribution in [2.24, 2.45) is 0 Å². The van der Waals surface area contributed by atoms with Gasteiger partial charge in [0.2, 0.25) is 16.3 Å². The molecule has 0 atom stereocenters. The Morgan fingerprint density at radius 2 is 1.81 bits per heavy atom. The van der Waals surface area contributed by atoms with Gasteiger partial charge in [0.15, 0.2) is 5.65 Å². The molecule has 3 rings (SSSR count). The van der Waals surface area contributed by atoms with E-state index in [9.17, 15) is 13.2 Å². The van der Waals surface area contributed by atoms with Crippen LogP contribution in [-0.4, -0.2) is 43.6 Å². The lowest BCUT2D eigenvalue weighted by atomic mass is 10.2. The number of rotatable bonds is 4. The number of nitrogens with zero attached hydrogens (tertiary/aromatic N) is 7.